The van der Waals surface area contributed by atoms with Crippen molar-refractivity contribution >= 4 is 0 Å². The van der Waals surface area contributed by atoms with Gasteiger partial charge in [-0.15, -0.1) is 0 Å². The highest BCUT2D eigenvalue weighted by Gasteiger charge is 2.44. The first-order valence-electron chi connectivity index (χ1n) is 8.14. The Labute approximate surface area is 130 Å². The fraction of sp³-hybridized carbons (Fsp3) is 0.667. The molecule has 1 unspecified atom stereocenters. The third kappa shape index (κ3) is 3.47. The highest BCUT2D eigenvalue weighted by Crippen LogP contribution is 2.33. The lowest BCUT2D eigenvalue weighted by molar-refractivity contribution is 0.0286. The molecule has 0 radical (unpaired) electrons. The molecule has 0 bridgehead atoms. The van der Waals surface area contributed by atoms with Crippen molar-refractivity contribution in [2.45, 2.75) is 51.2 Å². The average Bonchev–Trinajstić information content (AvgIpc) is 2.92. The first-order valence-corrected chi connectivity index (χ1v) is 8.14. The fourth-order valence-corrected chi connectivity index (χ4v) is 3.37. The molecule has 3 heteroatoms. The lowest BCUT2D eigenvalue weighted by Gasteiger charge is -2.47. The van der Waals surface area contributed by atoms with Crippen LogP contribution in [0.2, 0.25) is 0 Å². The normalized spacial score (nSPS) is 23.9. The van der Waals surface area contributed by atoms with Gasteiger partial charge in [0.15, 0.2) is 0 Å². The Hall–Kier alpha value is -0.900. The van der Waals surface area contributed by atoms with Gasteiger partial charge in [0.2, 0.25) is 0 Å². The summed E-state index contributed by atoms with van der Waals surface area (Å²) in [4.78, 5) is 5.08. The first-order chi connectivity index (χ1) is 9.93. The van der Waals surface area contributed by atoms with E-state index in [1.807, 2.05) is 0 Å². The van der Waals surface area contributed by atoms with E-state index in [2.05, 4.69) is 68.0 Å². The summed E-state index contributed by atoms with van der Waals surface area (Å²) in [6, 6.07) is 10.7. The van der Waals surface area contributed by atoms with Gasteiger partial charge in [0.1, 0.15) is 0 Å². The Morgan fingerprint density at radius 1 is 1.29 bits per heavy atom. The molecule has 1 saturated heterocycles. The predicted molar refractivity (Wildman–Crippen MR) is 90.3 cm³/mol. The molecule has 1 atom stereocenters. The Balaban J connectivity index is 2.07. The van der Waals surface area contributed by atoms with Crippen molar-refractivity contribution < 1.29 is 0 Å². The molecular weight excluding hydrogens is 258 g/mol. The highest BCUT2D eigenvalue weighted by atomic mass is 15.3. The van der Waals surface area contributed by atoms with E-state index in [-0.39, 0.29) is 11.1 Å². The number of nitrogens with two attached hydrogens (primary N) is 1. The van der Waals surface area contributed by atoms with Crippen LogP contribution in [-0.2, 0) is 6.54 Å². The second-order valence-corrected chi connectivity index (χ2v) is 7.10. The van der Waals surface area contributed by atoms with Gasteiger partial charge in [0, 0.05) is 37.3 Å². The standard InChI is InChI=1S/C18H31N3/c1-5-17(2,3)20(4)18(14-19)11-12-21(15-18)13-16-9-7-6-8-10-16/h6-10H,5,11-15,19H2,1-4H3. The van der Waals surface area contributed by atoms with E-state index in [4.69, 9.17) is 5.73 Å². The van der Waals surface area contributed by atoms with Crippen LogP contribution in [0.3, 0.4) is 0 Å². The molecule has 0 amide bonds. The van der Waals surface area contributed by atoms with Crippen molar-refractivity contribution in [2.24, 2.45) is 5.73 Å². The van der Waals surface area contributed by atoms with Gasteiger partial charge < -0.3 is 5.73 Å². The Morgan fingerprint density at radius 3 is 2.52 bits per heavy atom. The Kier molecular flexibility index (Phi) is 5.07. The van der Waals surface area contributed by atoms with Gasteiger partial charge in [-0.25, -0.2) is 0 Å². The molecule has 118 valence electrons. The molecule has 1 aromatic rings. The van der Waals surface area contributed by atoms with Gasteiger partial charge in [0.05, 0.1) is 0 Å². The number of rotatable bonds is 6. The highest BCUT2D eigenvalue weighted by molar-refractivity contribution is 5.15. The van der Waals surface area contributed by atoms with Crippen molar-refractivity contribution in [3.05, 3.63) is 35.9 Å². The summed E-state index contributed by atoms with van der Waals surface area (Å²) in [5.41, 5.74) is 7.92. The Bertz CT molecular complexity index is 443. The smallest absolute Gasteiger partial charge is 0.0472 e. The van der Waals surface area contributed by atoms with Crippen LogP contribution >= 0.6 is 0 Å². The minimum Gasteiger partial charge on any atom is -0.329 e. The van der Waals surface area contributed by atoms with Gasteiger partial charge in [-0.2, -0.15) is 0 Å². The number of hydrogen-bond acceptors (Lipinski definition) is 3. The maximum atomic E-state index is 6.21. The number of nitrogens with zero attached hydrogens (tertiary/aromatic N) is 2. The molecule has 0 aromatic heterocycles. The Morgan fingerprint density at radius 2 is 1.95 bits per heavy atom. The SMILES string of the molecule is CCC(C)(C)N(C)C1(CN)CCN(Cc2ccccc2)C1. The summed E-state index contributed by atoms with van der Waals surface area (Å²) in [5, 5.41) is 0. The van der Waals surface area contributed by atoms with Gasteiger partial charge in [-0.1, -0.05) is 37.3 Å². The summed E-state index contributed by atoms with van der Waals surface area (Å²) in [5.74, 6) is 0. The van der Waals surface area contributed by atoms with Crippen LogP contribution in [0, 0.1) is 0 Å². The molecule has 1 heterocycles. The monoisotopic (exact) mass is 289 g/mol. The van der Waals surface area contributed by atoms with Crippen LogP contribution in [-0.4, -0.2) is 47.6 Å². The summed E-state index contributed by atoms with van der Waals surface area (Å²) in [6.45, 7) is 10.9. The molecule has 0 spiro atoms. The second kappa shape index (κ2) is 6.47. The summed E-state index contributed by atoms with van der Waals surface area (Å²) < 4.78 is 0. The molecule has 0 aliphatic carbocycles. The third-order valence-corrected chi connectivity index (χ3v) is 5.53. The van der Waals surface area contributed by atoms with E-state index in [0.29, 0.717) is 0 Å². The lowest BCUT2D eigenvalue weighted by Crippen LogP contribution is -2.61. The maximum Gasteiger partial charge on any atom is 0.0472 e. The molecule has 3 nitrogen and oxygen atoms in total. The summed E-state index contributed by atoms with van der Waals surface area (Å²) >= 11 is 0. The van der Waals surface area contributed by atoms with E-state index in [9.17, 15) is 0 Å². The van der Waals surface area contributed by atoms with E-state index < -0.39 is 0 Å². The van der Waals surface area contributed by atoms with Gasteiger partial charge in [-0.05, 0) is 39.3 Å². The number of likely N-dealkylation sites (N-methyl/N-ethyl adjacent to an activating group) is 1. The number of hydrogen-bond donors (Lipinski definition) is 1. The zero-order chi connectivity index (χ0) is 15.5. The minimum absolute atomic E-state index is 0.119. The van der Waals surface area contributed by atoms with Crippen LogP contribution < -0.4 is 5.73 Å². The van der Waals surface area contributed by atoms with Crippen molar-refractivity contribution in [3.8, 4) is 0 Å². The van der Waals surface area contributed by atoms with Gasteiger partial charge >= 0.3 is 0 Å². The van der Waals surface area contributed by atoms with Gasteiger partial charge in [0.25, 0.3) is 0 Å². The molecule has 1 aliphatic heterocycles. The molecule has 0 saturated carbocycles. The molecule has 21 heavy (non-hydrogen) atoms. The fourth-order valence-electron chi connectivity index (χ4n) is 3.37. The second-order valence-electron chi connectivity index (χ2n) is 7.10. The third-order valence-electron chi connectivity index (χ3n) is 5.53. The molecule has 1 aliphatic rings. The van der Waals surface area contributed by atoms with Crippen molar-refractivity contribution in [3.63, 3.8) is 0 Å². The average molecular weight is 289 g/mol. The van der Waals surface area contributed by atoms with Crippen LogP contribution in [0.25, 0.3) is 0 Å². The van der Waals surface area contributed by atoms with Crippen LogP contribution in [0.5, 0.6) is 0 Å². The van der Waals surface area contributed by atoms with Crippen LogP contribution in [0.15, 0.2) is 30.3 Å². The van der Waals surface area contributed by atoms with E-state index >= 15 is 0 Å². The molecule has 1 aromatic carbocycles. The minimum atomic E-state index is 0.119. The first kappa shape index (κ1) is 16.5. The largest absolute Gasteiger partial charge is 0.329 e. The maximum absolute atomic E-state index is 6.21. The lowest BCUT2D eigenvalue weighted by atomic mass is 9.88. The summed E-state index contributed by atoms with van der Waals surface area (Å²) in [6.07, 6.45) is 2.31. The molecule has 1 fully saturated rings. The zero-order valence-electron chi connectivity index (χ0n) is 14.1. The molecular formula is C18H31N3. The number of likely N-dealkylation sites (tertiary alicyclic amines) is 1. The van der Waals surface area contributed by atoms with Crippen LogP contribution in [0.4, 0.5) is 0 Å². The molecule has 2 rings (SSSR count). The quantitative estimate of drug-likeness (QED) is 0.874. The topological polar surface area (TPSA) is 32.5 Å². The van der Waals surface area contributed by atoms with E-state index in [0.717, 1.165) is 39.0 Å². The summed E-state index contributed by atoms with van der Waals surface area (Å²) in [7, 11) is 2.25. The molecule has 2 N–H and O–H groups in total. The van der Waals surface area contributed by atoms with E-state index in [1.165, 1.54) is 5.56 Å². The van der Waals surface area contributed by atoms with Crippen LogP contribution in [0.1, 0.15) is 39.2 Å². The number of benzene rings is 1. The van der Waals surface area contributed by atoms with Crippen molar-refractivity contribution in [2.75, 3.05) is 26.7 Å². The van der Waals surface area contributed by atoms with Crippen molar-refractivity contribution in [1.29, 1.82) is 0 Å². The van der Waals surface area contributed by atoms with Gasteiger partial charge in [-0.3, -0.25) is 9.80 Å². The van der Waals surface area contributed by atoms with Crippen molar-refractivity contribution in [1.82, 2.24) is 9.80 Å². The predicted octanol–water partition coefficient (Wildman–Crippen LogP) is 2.71. The zero-order valence-corrected chi connectivity index (χ0v) is 14.1. The van der Waals surface area contributed by atoms with E-state index in [1.54, 1.807) is 0 Å².